The summed E-state index contributed by atoms with van der Waals surface area (Å²) in [6, 6.07) is 12.1. The van der Waals surface area contributed by atoms with Gasteiger partial charge in [-0.25, -0.2) is 17.2 Å². The minimum Gasteiger partial charge on any atom is -0.444 e. The van der Waals surface area contributed by atoms with Crippen LogP contribution in [-0.4, -0.2) is 70.9 Å². The fourth-order valence-electron chi connectivity index (χ4n) is 5.75. The highest BCUT2D eigenvalue weighted by atomic mass is 79.9. The molecule has 0 aliphatic carbocycles. The fourth-order valence-corrected chi connectivity index (χ4v) is 10.1. The number of benzene rings is 2. The second kappa shape index (κ2) is 15.1. The van der Waals surface area contributed by atoms with Gasteiger partial charge in [-0.3, -0.25) is 0 Å². The molecule has 4 rings (SSSR count). The van der Waals surface area contributed by atoms with Gasteiger partial charge in [0, 0.05) is 28.5 Å². The number of aromatic nitrogens is 1. The number of carbonyl (C=O) groups excluding carboxylic acids is 1. The molecule has 12 heteroatoms. The molecule has 0 fully saturated rings. The molecule has 3 aromatic rings. The van der Waals surface area contributed by atoms with Gasteiger partial charge < -0.3 is 18.5 Å². The van der Waals surface area contributed by atoms with E-state index in [1.165, 1.54) is 3.97 Å². The number of nitrogens with zero attached hydrogens (tertiary/aromatic N) is 2. The number of hydrogen-bond acceptors (Lipinski definition) is 6. The molecule has 2 heterocycles. The molecule has 1 unspecified atom stereocenters. The van der Waals surface area contributed by atoms with Crippen LogP contribution in [0.1, 0.15) is 73.4 Å². The van der Waals surface area contributed by atoms with Gasteiger partial charge in [0.2, 0.25) is 0 Å². The van der Waals surface area contributed by atoms with Crippen LogP contribution in [0.25, 0.3) is 10.9 Å². The lowest BCUT2D eigenvalue weighted by atomic mass is 9.93. The van der Waals surface area contributed by atoms with Gasteiger partial charge in [0.05, 0.1) is 29.2 Å². The van der Waals surface area contributed by atoms with Gasteiger partial charge in [-0.05, 0) is 100 Å². The summed E-state index contributed by atoms with van der Waals surface area (Å²) in [5.74, 6) is -0.141. The molecule has 1 aromatic heterocycles. The Morgan fingerprint density at radius 1 is 0.904 bits per heavy atom. The Morgan fingerprint density at radius 2 is 1.50 bits per heavy atom. The van der Waals surface area contributed by atoms with E-state index in [9.17, 15) is 13.2 Å². The van der Waals surface area contributed by atoms with Crippen molar-refractivity contribution in [3.05, 3.63) is 76.4 Å². The topological polar surface area (TPSA) is 87.1 Å². The standard InChI is InChI=1S/C40H61BrN2O6SSi2/c1-28-18-22-32(23-19-28)50(45,46)43-26-30(36-33(41)16-15-17-34(36)43)24-31-21-20-29(25-42(31)37(44)48-38(2,3)4)35(49-52(13,14)40(8,9)10)27-47-51(11,12)39(5,6)7/h15-23,26,29,31,35H,24-25,27H2,1-14H3/t29?,31-,35+/m0/s1. The predicted octanol–water partition coefficient (Wildman–Crippen LogP) is 10.7. The molecule has 52 heavy (non-hydrogen) atoms. The molecular formula is C40H61BrN2O6SSi2. The molecule has 0 saturated carbocycles. The molecule has 1 aliphatic heterocycles. The van der Waals surface area contributed by atoms with E-state index >= 15 is 0 Å². The van der Waals surface area contributed by atoms with Gasteiger partial charge >= 0.3 is 6.09 Å². The van der Waals surface area contributed by atoms with Gasteiger partial charge in [0.25, 0.3) is 10.0 Å². The lowest BCUT2D eigenvalue weighted by molar-refractivity contribution is 0.00535. The summed E-state index contributed by atoms with van der Waals surface area (Å²) in [6.07, 6.45) is 5.64. The molecule has 0 saturated heterocycles. The summed E-state index contributed by atoms with van der Waals surface area (Å²) < 4.78 is 50.2. The molecule has 8 nitrogen and oxygen atoms in total. The van der Waals surface area contributed by atoms with E-state index in [1.54, 1.807) is 35.4 Å². The van der Waals surface area contributed by atoms with E-state index in [-0.39, 0.29) is 27.0 Å². The first-order chi connectivity index (χ1) is 23.6. The monoisotopic (exact) mass is 832 g/mol. The molecular weight excluding hydrogens is 773 g/mol. The Hall–Kier alpha value is -2.23. The van der Waals surface area contributed by atoms with Crippen molar-refractivity contribution in [2.45, 2.75) is 135 Å². The smallest absolute Gasteiger partial charge is 0.410 e. The van der Waals surface area contributed by atoms with Crippen LogP contribution in [0.4, 0.5) is 4.79 Å². The maximum absolute atomic E-state index is 14.1. The summed E-state index contributed by atoms with van der Waals surface area (Å²) in [4.78, 5) is 16.1. The first kappa shape index (κ1) is 42.5. The molecule has 288 valence electrons. The van der Waals surface area contributed by atoms with Crippen LogP contribution >= 0.6 is 15.9 Å². The largest absolute Gasteiger partial charge is 0.444 e. The zero-order valence-electron chi connectivity index (χ0n) is 33.8. The quantitative estimate of drug-likeness (QED) is 0.149. The lowest BCUT2D eigenvalue weighted by Gasteiger charge is -2.45. The molecule has 2 aromatic carbocycles. The molecule has 0 spiro atoms. The van der Waals surface area contributed by atoms with Gasteiger partial charge in [0.1, 0.15) is 5.60 Å². The fraction of sp³-hybridized carbons (Fsp3) is 0.575. The summed E-state index contributed by atoms with van der Waals surface area (Å²) >= 11 is 3.71. The normalized spacial score (nSPS) is 18.6. The Kier molecular flexibility index (Phi) is 12.4. The summed E-state index contributed by atoms with van der Waals surface area (Å²) in [5.41, 5.74) is 1.64. The predicted molar refractivity (Wildman–Crippen MR) is 222 cm³/mol. The van der Waals surface area contributed by atoms with Crippen molar-refractivity contribution in [3.8, 4) is 0 Å². The van der Waals surface area contributed by atoms with E-state index in [1.807, 2.05) is 45.9 Å². The minimum atomic E-state index is -3.90. The van der Waals surface area contributed by atoms with Crippen LogP contribution in [0.5, 0.6) is 0 Å². The highest BCUT2D eigenvalue weighted by molar-refractivity contribution is 9.10. The Morgan fingerprint density at radius 3 is 2.06 bits per heavy atom. The van der Waals surface area contributed by atoms with Crippen molar-refractivity contribution >= 4 is 59.6 Å². The summed E-state index contributed by atoms with van der Waals surface area (Å²) in [6.45, 7) is 30.8. The van der Waals surface area contributed by atoms with E-state index in [2.05, 4.69) is 95.8 Å². The van der Waals surface area contributed by atoms with Crippen LogP contribution in [0, 0.1) is 12.8 Å². The maximum Gasteiger partial charge on any atom is 0.410 e. The highest BCUT2D eigenvalue weighted by Crippen LogP contribution is 2.41. The van der Waals surface area contributed by atoms with Gasteiger partial charge in [-0.15, -0.1) is 0 Å². The first-order valence-electron chi connectivity index (χ1n) is 18.2. The minimum absolute atomic E-state index is 0.0193. The third-order valence-corrected chi connectivity index (χ3v) is 22.3. The van der Waals surface area contributed by atoms with Crippen molar-refractivity contribution in [2.24, 2.45) is 5.92 Å². The van der Waals surface area contributed by atoms with Crippen LogP contribution in [-0.2, 0) is 30.0 Å². The number of fused-ring (bicyclic) bond motifs is 1. The van der Waals surface area contributed by atoms with E-state index in [0.717, 1.165) is 21.0 Å². The number of carbonyl (C=O) groups is 1. The first-order valence-corrected chi connectivity index (χ1v) is 26.3. The molecule has 3 atom stereocenters. The number of aryl methyl sites for hydroxylation is 1. The van der Waals surface area contributed by atoms with Crippen LogP contribution in [0.3, 0.4) is 0 Å². The van der Waals surface area contributed by atoms with Gasteiger partial charge in [-0.1, -0.05) is 93.4 Å². The second-order valence-corrected chi connectivity index (χ2v) is 30.6. The summed E-state index contributed by atoms with van der Waals surface area (Å²) in [5, 5.41) is 0.805. The SMILES string of the molecule is Cc1ccc(S(=O)(=O)n2cc(C[C@@H]3C=CC([C@@H](CO[Si](C)(C)C(C)(C)C)O[Si](C)(C)C(C)(C)C)CN3C(=O)OC(C)(C)C)c3c(Br)cccc32)cc1. The third-order valence-electron chi connectivity index (χ3n) is 11.0. The maximum atomic E-state index is 14.1. The average molecular weight is 834 g/mol. The zero-order valence-corrected chi connectivity index (χ0v) is 38.2. The number of ether oxygens (including phenoxy) is 1. The number of amides is 1. The lowest BCUT2D eigenvalue weighted by Crippen LogP contribution is -2.54. The Balaban J connectivity index is 1.79. The highest BCUT2D eigenvalue weighted by Gasteiger charge is 2.44. The van der Waals surface area contributed by atoms with E-state index < -0.39 is 44.4 Å². The summed E-state index contributed by atoms with van der Waals surface area (Å²) in [7, 11) is -8.25. The Labute approximate surface area is 323 Å². The van der Waals surface area contributed by atoms with Gasteiger partial charge in [0.15, 0.2) is 16.6 Å². The van der Waals surface area contributed by atoms with Crippen molar-refractivity contribution in [1.29, 1.82) is 0 Å². The molecule has 0 radical (unpaired) electrons. The van der Waals surface area contributed by atoms with Crippen LogP contribution < -0.4 is 0 Å². The molecule has 1 amide bonds. The number of hydrogen-bond donors (Lipinski definition) is 0. The van der Waals surface area contributed by atoms with Crippen molar-refractivity contribution in [3.63, 3.8) is 0 Å². The van der Waals surface area contributed by atoms with E-state index in [4.69, 9.17) is 13.6 Å². The third kappa shape index (κ3) is 9.52. The van der Waals surface area contributed by atoms with Crippen LogP contribution in [0.2, 0.25) is 36.3 Å². The average Bonchev–Trinajstić information content (AvgIpc) is 3.38. The Bertz CT molecular complexity index is 1880. The van der Waals surface area contributed by atoms with E-state index in [0.29, 0.717) is 25.1 Å². The van der Waals surface area contributed by atoms with Crippen molar-refractivity contribution in [2.75, 3.05) is 13.2 Å². The number of rotatable bonds is 10. The number of halogens is 1. The second-order valence-electron chi connectivity index (χ2n) is 18.3. The zero-order chi connectivity index (χ0) is 39.2. The molecule has 0 N–H and O–H groups in total. The van der Waals surface area contributed by atoms with Gasteiger partial charge in [-0.2, -0.15) is 0 Å². The van der Waals surface area contributed by atoms with Crippen LogP contribution in [0.15, 0.2) is 70.2 Å². The molecule has 0 bridgehead atoms. The van der Waals surface area contributed by atoms with Crippen molar-refractivity contribution < 1.29 is 26.8 Å². The molecule has 1 aliphatic rings. The van der Waals surface area contributed by atoms with Crippen molar-refractivity contribution in [1.82, 2.24) is 8.87 Å².